The highest BCUT2D eigenvalue weighted by atomic mass is 16.5. The molecule has 0 amide bonds. The molecule has 116 valence electrons. The lowest BCUT2D eigenvalue weighted by Crippen LogP contribution is -2.08. The number of anilines is 2. The summed E-state index contributed by atoms with van der Waals surface area (Å²) >= 11 is 0. The van der Waals surface area contributed by atoms with Crippen molar-refractivity contribution in [2.24, 2.45) is 0 Å². The van der Waals surface area contributed by atoms with E-state index in [4.69, 9.17) is 9.47 Å². The summed E-state index contributed by atoms with van der Waals surface area (Å²) in [6.45, 7) is 6.05. The van der Waals surface area contributed by atoms with Crippen LogP contribution >= 0.6 is 0 Å². The van der Waals surface area contributed by atoms with Gasteiger partial charge in [-0.25, -0.2) is 4.79 Å². The van der Waals surface area contributed by atoms with E-state index in [0.717, 1.165) is 11.4 Å². The average molecular weight is 300 g/mol. The van der Waals surface area contributed by atoms with Crippen LogP contribution in [0.4, 0.5) is 11.4 Å². The zero-order chi connectivity index (χ0) is 15.9. The van der Waals surface area contributed by atoms with E-state index < -0.39 is 0 Å². The minimum Gasteiger partial charge on any atom is -0.489 e. The molecule has 0 aliphatic rings. The van der Waals surface area contributed by atoms with Gasteiger partial charge in [-0.3, -0.25) is 4.98 Å². The average Bonchev–Trinajstić information content (AvgIpc) is 2.49. The number of hydrogen-bond donors (Lipinski definition) is 1. The monoisotopic (exact) mass is 300 g/mol. The van der Waals surface area contributed by atoms with E-state index in [1.165, 1.54) is 6.20 Å². The Morgan fingerprint density at radius 1 is 1.27 bits per heavy atom. The Morgan fingerprint density at radius 2 is 2.05 bits per heavy atom. The largest absolute Gasteiger partial charge is 0.489 e. The summed E-state index contributed by atoms with van der Waals surface area (Å²) in [5.74, 6) is 0.365. The van der Waals surface area contributed by atoms with E-state index in [0.29, 0.717) is 17.9 Å². The first kappa shape index (κ1) is 15.8. The van der Waals surface area contributed by atoms with Gasteiger partial charge in [0.1, 0.15) is 5.75 Å². The number of ether oxygens (including phenoxy) is 2. The molecule has 1 heterocycles. The Labute approximate surface area is 130 Å². The SMILES string of the molecule is CCOC(=O)c1cncc(Nc2ccccc2OC(C)C)c1. The van der Waals surface area contributed by atoms with Crippen molar-refractivity contribution in [3.63, 3.8) is 0 Å². The van der Waals surface area contributed by atoms with E-state index in [1.807, 2.05) is 38.1 Å². The van der Waals surface area contributed by atoms with Crippen LogP contribution in [0, 0.1) is 0 Å². The molecule has 0 aliphatic heterocycles. The van der Waals surface area contributed by atoms with Crippen LogP contribution in [0.25, 0.3) is 0 Å². The van der Waals surface area contributed by atoms with Gasteiger partial charge in [0.05, 0.1) is 35.8 Å². The minimum absolute atomic E-state index is 0.0759. The van der Waals surface area contributed by atoms with Crippen LogP contribution in [-0.2, 0) is 4.74 Å². The normalized spacial score (nSPS) is 10.4. The number of carbonyl (C=O) groups excluding carboxylic acids is 1. The summed E-state index contributed by atoms with van der Waals surface area (Å²) in [6, 6.07) is 9.34. The molecule has 0 aliphatic carbocycles. The maximum absolute atomic E-state index is 11.7. The predicted octanol–water partition coefficient (Wildman–Crippen LogP) is 3.79. The van der Waals surface area contributed by atoms with Gasteiger partial charge in [-0.15, -0.1) is 0 Å². The van der Waals surface area contributed by atoms with Crippen molar-refractivity contribution in [3.05, 3.63) is 48.3 Å². The molecule has 0 radical (unpaired) electrons. The fourth-order valence-electron chi connectivity index (χ4n) is 1.92. The van der Waals surface area contributed by atoms with Crippen molar-refractivity contribution in [1.82, 2.24) is 4.98 Å². The van der Waals surface area contributed by atoms with Gasteiger partial charge < -0.3 is 14.8 Å². The number of para-hydroxylation sites is 2. The minimum atomic E-state index is -0.384. The molecule has 2 rings (SSSR count). The quantitative estimate of drug-likeness (QED) is 0.822. The smallest absolute Gasteiger partial charge is 0.339 e. The van der Waals surface area contributed by atoms with Gasteiger partial charge in [-0.05, 0) is 39.0 Å². The topological polar surface area (TPSA) is 60.5 Å². The molecule has 1 aromatic heterocycles. The van der Waals surface area contributed by atoms with Crippen LogP contribution in [0.2, 0.25) is 0 Å². The van der Waals surface area contributed by atoms with E-state index in [-0.39, 0.29) is 12.1 Å². The molecule has 0 spiro atoms. The lowest BCUT2D eigenvalue weighted by molar-refractivity contribution is 0.0526. The number of nitrogens with zero attached hydrogens (tertiary/aromatic N) is 1. The molecule has 0 fully saturated rings. The number of rotatable bonds is 6. The summed E-state index contributed by atoms with van der Waals surface area (Å²) in [4.78, 5) is 15.8. The van der Waals surface area contributed by atoms with Crippen molar-refractivity contribution >= 4 is 17.3 Å². The predicted molar refractivity (Wildman–Crippen MR) is 85.7 cm³/mol. The second-order valence-electron chi connectivity index (χ2n) is 4.97. The Balaban J connectivity index is 2.21. The van der Waals surface area contributed by atoms with Crippen LogP contribution in [-0.4, -0.2) is 23.7 Å². The van der Waals surface area contributed by atoms with Crippen LogP contribution < -0.4 is 10.1 Å². The molecule has 0 unspecified atom stereocenters. The maximum atomic E-state index is 11.7. The maximum Gasteiger partial charge on any atom is 0.339 e. The number of esters is 1. The van der Waals surface area contributed by atoms with E-state index in [9.17, 15) is 4.79 Å². The van der Waals surface area contributed by atoms with E-state index in [1.54, 1.807) is 19.2 Å². The number of aromatic nitrogens is 1. The highest BCUT2D eigenvalue weighted by Crippen LogP contribution is 2.28. The van der Waals surface area contributed by atoms with Crippen LogP contribution in [0.1, 0.15) is 31.1 Å². The van der Waals surface area contributed by atoms with Gasteiger partial charge >= 0.3 is 5.97 Å². The first-order chi connectivity index (χ1) is 10.6. The van der Waals surface area contributed by atoms with Crippen LogP contribution in [0.15, 0.2) is 42.7 Å². The van der Waals surface area contributed by atoms with Gasteiger partial charge in [0.25, 0.3) is 0 Å². The third-order valence-electron chi connectivity index (χ3n) is 2.78. The van der Waals surface area contributed by atoms with E-state index >= 15 is 0 Å². The van der Waals surface area contributed by atoms with Crippen LogP contribution in [0.5, 0.6) is 5.75 Å². The lowest BCUT2D eigenvalue weighted by Gasteiger charge is -2.15. The summed E-state index contributed by atoms with van der Waals surface area (Å²) in [7, 11) is 0. The Kier molecular flexibility index (Phi) is 5.36. The first-order valence-electron chi connectivity index (χ1n) is 7.25. The highest BCUT2D eigenvalue weighted by Gasteiger charge is 2.09. The fourth-order valence-corrected chi connectivity index (χ4v) is 1.92. The summed E-state index contributed by atoms with van der Waals surface area (Å²) < 4.78 is 10.7. The second kappa shape index (κ2) is 7.45. The second-order valence-corrected chi connectivity index (χ2v) is 4.97. The molecule has 0 saturated carbocycles. The molecule has 5 nitrogen and oxygen atoms in total. The number of benzene rings is 1. The van der Waals surface area contributed by atoms with Gasteiger partial charge in [-0.2, -0.15) is 0 Å². The van der Waals surface area contributed by atoms with Crippen molar-refractivity contribution in [1.29, 1.82) is 0 Å². The van der Waals surface area contributed by atoms with Gasteiger partial charge in [-0.1, -0.05) is 12.1 Å². The Morgan fingerprint density at radius 3 is 2.77 bits per heavy atom. The van der Waals surface area contributed by atoms with Crippen LogP contribution in [0.3, 0.4) is 0 Å². The molecule has 0 saturated heterocycles. The Bertz CT molecular complexity index is 641. The molecular weight excluding hydrogens is 280 g/mol. The van der Waals surface area contributed by atoms with E-state index in [2.05, 4.69) is 10.3 Å². The number of pyridine rings is 1. The molecule has 1 N–H and O–H groups in total. The summed E-state index contributed by atoms with van der Waals surface area (Å²) in [6.07, 6.45) is 3.21. The summed E-state index contributed by atoms with van der Waals surface area (Å²) in [5.41, 5.74) is 1.93. The standard InChI is InChI=1S/C17H20N2O3/c1-4-21-17(20)13-9-14(11-18-10-13)19-15-7-5-6-8-16(15)22-12(2)3/h5-12,19H,4H2,1-3H3. The molecule has 5 heteroatoms. The molecule has 0 atom stereocenters. The first-order valence-corrected chi connectivity index (χ1v) is 7.25. The molecule has 1 aromatic carbocycles. The summed E-state index contributed by atoms with van der Waals surface area (Å²) in [5, 5.41) is 3.22. The third-order valence-corrected chi connectivity index (χ3v) is 2.78. The molecule has 22 heavy (non-hydrogen) atoms. The zero-order valence-corrected chi connectivity index (χ0v) is 13.0. The van der Waals surface area contributed by atoms with Crippen molar-refractivity contribution in [3.8, 4) is 5.75 Å². The van der Waals surface area contributed by atoms with Crippen molar-refractivity contribution in [2.45, 2.75) is 26.9 Å². The third kappa shape index (κ3) is 4.22. The van der Waals surface area contributed by atoms with Gasteiger partial charge in [0.2, 0.25) is 0 Å². The number of hydrogen-bond acceptors (Lipinski definition) is 5. The fraction of sp³-hybridized carbons (Fsp3) is 0.294. The van der Waals surface area contributed by atoms with Crippen molar-refractivity contribution < 1.29 is 14.3 Å². The van der Waals surface area contributed by atoms with Gasteiger partial charge in [0.15, 0.2) is 0 Å². The van der Waals surface area contributed by atoms with Crippen molar-refractivity contribution in [2.75, 3.05) is 11.9 Å². The molecular formula is C17H20N2O3. The number of carbonyl (C=O) groups is 1. The molecule has 0 bridgehead atoms. The highest BCUT2D eigenvalue weighted by molar-refractivity contribution is 5.90. The lowest BCUT2D eigenvalue weighted by atomic mass is 10.2. The van der Waals surface area contributed by atoms with Gasteiger partial charge in [0, 0.05) is 6.20 Å². The number of nitrogens with one attached hydrogen (secondary N) is 1. The Hall–Kier alpha value is -2.56. The zero-order valence-electron chi connectivity index (χ0n) is 13.0. The molecule has 2 aromatic rings.